The van der Waals surface area contributed by atoms with Gasteiger partial charge in [-0.05, 0) is 26.0 Å². The molecule has 1 aromatic heterocycles. The van der Waals surface area contributed by atoms with Crippen LogP contribution < -0.4 is 10.1 Å². The number of carbonyl (C=O) groups excluding carboxylic acids is 2. The molecule has 2 heterocycles. The summed E-state index contributed by atoms with van der Waals surface area (Å²) in [5.74, 6) is 0.104. The molecule has 0 aliphatic carbocycles. The van der Waals surface area contributed by atoms with Crippen molar-refractivity contribution in [3.8, 4) is 5.75 Å². The molecule has 1 aliphatic heterocycles. The molecule has 2 N–H and O–H groups in total. The molecule has 0 bridgehead atoms. The van der Waals surface area contributed by atoms with E-state index < -0.39 is 6.04 Å². The first kappa shape index (κ1) is 13.4. The van der Waals surface area contributed by atoms with E-state index in [1.165, 1.54) is 0 Å². The van der Waals surface area contributed by atoms with Gasteiger partial charge in [-0.2, -0.15) is 5.10 Å². The summed E-state index contributed by atoms with van der Waals surface area (Å²) in [6.45, 7) is 3.65. The SMILES string of the molecule is Cc1n[nH]c(C)c1C(=O)N[C@@H]1COc2ccccc2C1=O. The summed E-state index contributed by atoms with van der Waals surface area (Å²) in [5, 5.41) is 9.46. The van der Waals surface area contributed by atoms with E-state index in [1.807, 2.05) is 6.07 Å². The number of fused-ring (bicyclic) bond motifs is 1. The number of amides is 1. The van der Waals surface area contributed by atoms with E-state index >= 15 is 0 Å². The Morgan fingerprint density at radius 2 is 2.14 bits per heavy atom. The Hall–Kier alpha value is -2.63. The Labute approximate surface area is 121 Å². The summed E-state index contributed by atoms with van der Waals surface area (Å²) >= 11 is 0. The number of para-hydroxylation sites is 1. The Morgan fingerprint density at radius 1 is 1.38 bits per heavy atom. The van der Waals surface area contributed by atoms with Gasteiger partial charge in [0.2, 0.25) is 0 Å². The second kappa shape index (κ2) is 5.05. The van der Waals surface area contributed by atoms with Gasteiger partial charge >= 0.3 is 0 Å². The van der Waals surface area contributed by atoms with E-state index in [0.29, 0.717) is 28.3 Å². The summed E-state index contributed by atoms with van der Waals surface area (Å²) in [6, 6.07) is 6.35. The minimum absolute atomic E-state index is 0.135. The first-order chi connectivity index (χ1) is 10.1. The van der Waals surface area contributed by atoms with Crippen LogP contribution in [-0.4, -0.2) is 34.5 Å². The molecule has 0 saturated heterocycles. The third kappa shape index (κ3) is 2.29. The lowest BCUT2D eigenvalue weighted by Crippen LogP contribution is -2.47. The smallest absolute Gasteiger partial charge is 0.255 e. The zero-order valence-electron chi connectivity index (χ0n) is 11.8. The number of aromatic amines is 1. The minimum Gasteiger partial charge on any atom is -0.490 e. The molecule has 0 unspecified atom stereocenters. The molecule has 108 valence electrons. The van der Waals surface area contributed by atoms with Crippen molar-refractivity contribution in [3.05, 3.63) is 46.8 Å². The van der Waals surface area contributed by atoms with Crippen molar-refractivity contribution in [1.82, 2.24) is 15.5 Å². The first-order valence-electron chi connectivity index (χ1n) is 6.66. The van der Waals surface area contributed by atoms with Crippen LogP contribution in [0.3, 0.4) is 0 Å². The van der Waals surface area contributed by atoms with Gasteiger partial charge in [-0.25, -0.2) is 0 Å². The molecule has 0 saturated carbocycles. The Balaban J connectivity index is 1.81. The quantitative estimate of drug-likeness (QED) is 0.873. The predicted molar refractivity (Wildman–Crippen MR) is 75.6 cm³/mol. The van der Waals surface area contributed by atoms with Crippen molar-refractivity contribution in [3.63, 3.8) is 0 Å². The van der Waals surface area contributed by atoms with Crippen LogP contribution in [0.1, 0.15) is 32.1 Å². The van der Waals surface area contributed by atoms with Crippen molar-refractivity contribution < 1.29 is 14.3 Å². The molecule has 1 aromatic carbocycles. The van der Waals surface area contributed by atoms with E-state index in [2.05, 4.69) is 15.5 Å². The number of hydrogen-bond donors (Lipinski definition) is 2. The molecular formula is C15H15N3O3. The number of aryl methyl sites for hydroxylation is 2. The number of nitrogens with zero attached hydrogens (tertiary/aromatic N) is 1. The van der Waals surface area contributed by atoms with Crippen molar-refractivity contribution >= 4 is 11.7 Å². The maximum Gasteiger partial charge on any atom is 0.255 e. The number of carbonyl (C=O) groups is 2. The molecule has 0 radical (unpaired) electrons. The summed E-state index contributed by atoms with van der Waals surface area (Å²) in [6.07, 6.45) is 0. The van der Waals surface area contributed by atoms with Crippen LogP contribution in [0, 0.1) is 13.8 Å². The van der Waals surface area contributed by atoms with Crippen molar-refractivity contribution in [2.24, 2.45) is 0 Å². The van der Waals surface area contributed by atoms with Gasteiger partial charge in [0.25, 0.3) is 5.91 Å². The minimum atomic E-state index is -0.680. The van der Waals surface area contributed by atoms with Gasteiger partial charge in [0.15, 0.2) is 5.78 Å². The Kier molecular flexibility index (Phi) is 3.21. The van der Waals surface area contributed by atoms with E-state index in [-0.39, 0.29) is 18.3 Å². The number of ether oxygens (including phenoxy) is 1. The molecule has 2 aromatic rings. The largest absolute Gasteiger partial charge is 0.490 e. The number of benzene rings is 1. The topological polar surface area (TPSA) is 84.1 Å². The highest BCUT2D eigenvalue weighted by molar-refractivity contribution is 6.07. The number of Topliss-reactive ketones (excluding diaryl/α,β-unsaturated/α-hetero) is 1. The third-order valence-corrected chi connectivity index (χ3v) is 3.54. The monoisotopic (exact) mass is 285 g/mol. The normalized spacial score (nSPS) is 17.0. The van der Waals surface area contributed by atoms with Crippen molar-refractivity contribution in [2.75, 3.05) is 6.61 Å². The van der Waals surface area contributed by atoms with Crippen LogP contribution in [0.25, 0.3) is 0 Å². The lowest BCUT2D eigenvalue weighted by Gasteiger charge is -2.24. The van der Waals surface area contributed by atoms with Gasteiger partial charge in [-0.1, -0.05) is 12.1 Å². The van der Waals surface area contributed by atoms with Gasteiger partial charge in [0.05, 0.1) is 16.8 Å². The molecule has 6 heteroatoms. The Bertz CT molecular complexity index is 701. The molecular weight excluding hydrogens is 270 g/mol. The number of ketones is 1. The molecule has 6 nitrogen and oxygen atoms in total. The van der Waals surface area contributed by atoms with Gasteiger partial charge in [0.1, 0.15) is 18.4 Å². The number of H-pyrrole nitrogens is 1. The first-order valence-corrected chi connectivity index (χ1v) is 6.66. The van der Waals surface area contributed by atoms with E-state index in [9.17, 15) is 9.59 Å². The van der Waals surface area contributed by atoms with E-state index in [1.54, 1.807) is 32.0 Å². The average Bonchev–Trinajstić information content (AvgIpc) is 2.81. The van der Waals surface area contributed by atoms with Gasteiger partial charge in [0, 0.05) is 5.69 Å². The summed E-state index contributed by atoms with van der Waals surface area (Å²) < 4.78 is 5.53. The number of hydrogen-bond acceptors (Lipinski definition) is 4. The maximum atomic E-state index is 12.4. The number of rotatable bonds is 2. The lowest BCUT2D eigenvalue weighted by molar-refractivity contribution is 0.0794. The fourth-order valence-corrected chi connectivity index (χ4v) is 2.46. The van der Waals surface area contributed by atoms with Crippen molar-refractivity contribution in [1.29, 1.82) is 0 Å². The maximum absolute atomic E-state index is 12.4. The highest BCUT2D eigenvalue weighted by atomic mass is 16.5. The highest BCUT2D eigenvalue weighted by Gasteiger charge is 2.30. The zero-order chi connectivity index (χ0) is 15.0. The molecule has 1 atom stereocenters. The third-order valence-electron chi connectivity index (χ3n) is 3.54. The number of nitrogens with one attached hydrogen (secondary N) is 2. The molecule has 21 heavy (non-hydrogen) atoms. The van der Waals surface area contributed by atoms with Gasteiger partial charge in [-0.3, -0.25) is 14.7 Å². The Morgan fingerprint density at radius 3 is 2.86 bits per heavy atom. The second-order valence-electron chi connectivity index (χ2n) is 5.01. The van der Waals surface area contributed by atoms with E-state index in [0.717, 1.165) is 0 Å². The average molecular weight is 285 g/mol. The predicted octanol–water partition coefficient (Wildman–Crippen LogP) is 1.40. The molecule has 3 rings (SSSR count). The fourth-order valence-electron chi connectivity index (χ4n) is 2.46. The van der Waals surface area contributed by atoms with Crippen LogP contribution >= 0.6 is 0 Å². The highest BCUT2D eigenvalue weighted by Crippen LogP contribution is 2.24. The molecule has 1 aliphatic rings. The lowest BCUT2D eigenvalue weighted by atomic mass is 10.0. The number of aromatic nitrogens is 2. The molecule has 1 amide bonds. The van der Waals surface area contributed by atoms with E-state index in [4.69, 9.17) is 4.74 Å². The molecule has 0 fully saturated rings. The van der Waals surface area contributed by atoms with Gasteiger partial charge in [-0.15, -0.1) is 0 Å². The van der Waals surface area contributed by atoms with Crippen LogP contribution in [-0.2, 0) is 0 Å². The second-order valence-corrected chi connectivity index (χ2v) is 5.01. The van der Waals surface area contributed by atoms with Gasteiger partial charge < -0.3 is 10.1 Å². The van der Waals surface area contributed by atoms with Crippen LogP contribution in [0.15, 0.2) is 24.3 Å². The molecule has 0 spiro atoms. The van der Waals surface area contributed by atoms with Crippen LogP contribution in [0.4, 0.5) is 0 Å². The summed E-state index contributed by atoms with van der Waals surface area (Å²) in [7, 11) is 0. The van der Waals surface area contributed by atoms with Crippen molar-refractivity contribution in [2.45, 2.75) is 19.9 Å². The van der Waals surface area contributed by atoms with Crippen LogP contribution in [0.2, 0.25) is 0 Å². The van der Waals surface area contributed by atoms with Crippen LogP contribution in [0.5, 0.6) is 5.75 Å². The standard InChI is InChI=1S/C15H15N3O3/c1-8-13(9(2)18-17-8)15(20)16-11-7-21-12-6-4-3-5-10(12)14(11)19/h3-6,11H,7H2,1-2H3,(H,16,20)(H,17,18)/t11-/m1/s1. The zero-order valence-corrected chi connectivity index (χ0v) is 11.8. The fraction of sp³-hybridized carbons (Fsp3) is 0.267. The summed E-state index contributed by atoms with van der Waals surface area (Å²) in [4.78, 5) is 24.7. The summed E-state index contributed by atoms with van der Waals surface area (Å²) in [5.41, 5.74) is 2.25.